The number of nitrogens with zero attached hydrogens (tertiary/aromatic N) is 1. The van der Waals surface area contributed by atoms with E-state index in [1.165, 1.54) is 212 Å². The van der Waals surface area contributed by atoms with Crippen molar-refractivity contribution in [3.05, 3.63) is 36.5 Å². The molecule has 8 nitrogen and oxygen atoms in total. The molecule has 0 saturated heterocycles. The van der Waals surface area contributed by atoms with E-state index in [1.54, 1.807) is 6.08 Å². The van der Waals surface area contributed by atoms with Crippen LogP contribution in [0, 0.1) is 0 Å². The maximum Gasteiger partial charge on any atom is 0.268 e. The molecule has 0 aliphatic rings. The van der Waals surface area contributed by atoms with Crippen molar-refractivity contribution in [2.24, 2.45) is 0 Å². The molecule has 0 bridgehead atoms. The number of phosphoric acid groups is 1. The first-order valence-corrected chi connectivity index (χ1v) is 30.8. The highest BCUT2D eigenvalue weighted by Crippen LogP contribution is 2.38. The molecule has 0 aromatic rings. The van der Waals surface area contributed by atoms with E-state index >= 15 is 0 Å². The third-order valence-electron chi connectivity index (χ3n) is 13.3. The lowest BCUT2D eigenvalue weighted by Crippen LogP contribution is -2.45. The van der Waals surface area contributed by atoms with E-state index in [0.717, 1.165) is 51.4 Å². The number of hydrogen-bond donors (Lipinski definition) is 2. The second-order valence-electron chi connectivity index (χ2n) is 21.3. The average Bonchev–Trinajstić information content (AvgIpc) is 3.30. The van der Waals surface area contributed by atoms with Gasteiger partial charge in [0.15, 0.2) is 0 Å². The second kappa shape index (κ2) is 50.7. The Morgan fingerprint density at radius 1 is 0.500 bits per heavy atom. The Morgan fingerprint density at radius 3 is 1.19 bits per heavy atom. The zero-order valence-electron chi connectivity index (χ0n) is 45.8. The van der Waals surface area contributed by atoms with Crippen molar-refractivity contribution in [2.45, 2.75) is 296 Å². The van der Waals surface area contributed by atoms with Crippen molar-refractivity contribution in [1.82, 2.24) is 5.32 Å². The first-order chi connectivity index (χ1) is 33.0. The van der Waals surface area contributed by atoms with Gasteiger partial charge < -0.3 is 28.8 Å². The van der Waals surface area contributed by atoms with E-state index in [-0.39, 0.29) is 12.5 Å². The summed E-state index contributed by atoms with van der Waals surface area (Å²) in [6.07, 6.45) is 65.3. The van der Waals surface area contributed by atoms with Gasteiger partial charge in [0.25, 0.3) is 7.82 Å². The quantitative estimate of drug-likeness (QED) is 0.0272. The molecule has 0 aliphatic heterocycles. The van der Waals surface area contributed by atoms with Crippen LogP contribution in [0.5, 0.6) is 0 Å². The number of amides is 1. The van der Waals surface area contributed by atoms with Gasteiger partial charge in [-0.1, -0.05) is 256 Å². The molecule has 9 heteroatoms. The van der Waals surface area contributed by atoms with E-state index in [4.69, 9.17) is 9.05 Å². The number of carbonyl (C=O) groups excluding carboxylic acids is 1. The molecule has 0 rings (SSSR count). The Labute approximate surface area is 423 Å². The summed E-state index contributed by atoms with van der Waals surface area (Å²) < 4.78 is 23.3. The van der Waals surface area contributed by atoms with Gasteiger partial charge >= 0.3 is 0 Å². The van der Waals surface area contributed by atoms with Gasteiger partial charge in [0.05, 0.1) is 39.9 Å². The molecule has 1 amide bonds. The number of rotatable bonds is 54. The molecule has 2 N–H and O–H groups in total. The van der Waals surface area contributed by atoms with Gasteiger partial charge in [-0.25, -0.2) is 0 Å². The van der Waals surface area contributed by atoms with Crippen LogP contribution in [-0.4, -0.2) is 68.5 Å². The molecular formula is C59H115N2O6P. The van der Waals surface area contributed by atoms with Crippen LogP contribution in [-0.2, 0) is 18.4 Å². The molecule has 0 spiro atoms. The predicted octanol–water partition coefficient (Wildman–Crippen LogP) is 17.1. The van der Waals surface area contributed by atoms with Crippen molar-refractivity contribution in [3.63, 3.8) is 0 Å². The number of carbonyl (C=O) groups is 1. The Morgan fingerprint density at radius 2 is 0.824 bits per heavy atom. The molecule has 402 valence electrons. The van der Waals surface area contributed by atoms with Crippen molar-refractivity contribution < 1.29 is 32.9 Å². The minimum Gasteiger partial charge on any atom is -0.756 e. The number of quaternary nitrogens is 1. The third kappa shape index (κ3) is 52.5. The Bertz CT molecular complexity index is 1200. The van der Waals surface area contributed by atoms with E-state index < -0.39 is 26.6 Å². The molecule has 3 atom stereocenters. The number of allylic oxidation sites excluding steroid dienone is 5. The Balaban J connectivity index is 4.14. The maximum absolute atomic E-state index is 12.9. The molecule has 0 heterocycles. The largest absolute Gasteiger partial charge is 0.756 e. The van der Waals surface area contributed by atoms with Crippen molar-refractivity contribution in [3.8, 4) is 0 Å². The number of unbranched alkanes of at least 4 members (excludes halogenated alkanes) is 37. The van der Waals surface area contributed by atoms with Crippen LogP contribution in [0.4, 0.5) is 0 Å². The summed E-state index contributed by atoms with van der Waals surface area (Å²) in [5.41, 5.74) is 0. The smallest absolute Gasteiger partial charge is 0.268 e. The molecular weight excluding hydrogens is 864 g/mol. The lowest BCUT2D eigenvalue weighted by atomic mass is 10.0. The Kier molecular flexibility index (Phi) is 49.7. The molecule has 0 fully saturated rings. The lowest BCUT2D eigenvalue weighted by molar-refractivity contribution is -0.870. The van der Waals surface area contributed by atoms with Crippen molar-refractivity contribution in [2.75, 3.05) is 40.9 Å². The van der Waals surface area contributed by atoms with Gasteiger partial charge in [-0.2, -0.15) is 0 Å². The summed E-state index contributed by atoms with van der Waals surface area (Å²) >= 11 is 0. The van der Waals surface area contributed by atoms with Gasteiger partial charge in [0, 0.05) is 6.42 Å². The number of aliphatic hydroxyl groups is 1. The normalized spacial score (nSPS) is 14.2. The molecule has 0 saturated carbocycles. The Hall–Kier alpha value is -1.28. The summed E-state index contributed by atoms with van der Waals surface area (Å²) in [5, 5.41) is 13.8. The van der Waals surface area contributed by atoms with Crippen LogP contribution in [0.2, 0.25) is 0 Å². The third-order valence-corrected chi connectivity index (χ3v) is 14.3. The van der Waals surface area contributed by atoms with Gasteiger partial charge in [-0.15, -0.1) is 0 Å². The minimum atomic E-state index is -4.60. The van der Waals surface area contributed by atoms with Crippen LogP contribution >= 0.6 is 7.82 Å². The van der Waals surface area contributed by atoms with Gasteiger partial charge in [0.1, 0.15) is 13.2 Å². The fourth-order valence-corrected chi connectivity index (χ4v) is 9.42. The van der Waals surface area contributed by atoms with Crippen LogP contribution in [0.1, 0.15) is 284 Å². The first-order valence-electron chi connectivity index (χ1n) is 29.4. The highest BCUT2D eigenvalue weighted by Gasteiger charge is 2.23. The molecule has 0 radical (unpaired) electrons. The minimum absolute atomic E-state index is 0.00750. The lowest BCUT2D eigenvalue weighted by Gasteiger charge is -2.29. The van der Waals surface area contributed by atoms with E-state index in [2.05, 4.69) is 43.5 Å². The average molecular weight is 980 g/mol. The zero-order valence-corrected chi connectivity index (χ0v) is 46.7. The van der Waals surface area contributed by atoms with Crippen LogP contribution < -0.4 is 10.2 Å². The number of hydrogen-bond acceptors (Lipinski definition) is 6. The molecule has 0 aromatic carbocycles. The summed E-state index contributed by atoms with van der Waals surface area (Å²) in [5.74, 6) is -0.214. The fraction of sp³-hybridized carbons (Fsp3) is 0.881. The fourth-order valence-electron chi connectivity index (χ4n) is 8.70. The second-order valence-corrected chi connectivity index (χ2v) is 22.8. The standard InChI is InChI=1S/C59H115N2O6P/c1-6-8-10-12-14-16-18-20-22-23-24-25-26-27-28-29-30-31-32-33-34-35-36-37-39-40-42-44-46-48-50-52-58(62)57(56-67-68(64,65)66-55-54-61(3,4)5)60-59(63)53-51-49-47-45-43-41-38-21-19-17-15-13-11-9-7-2/h21,38,42,44,50,52,57-58,62H,6-20,22-37,39-41,43,45-49,51,53-56H2,1-5H3,(H-,60,63,64,65)/b38-21-,44-42+,52-50+. The summed E-state index contributed by atoms with van der Waals surface area (Å²) in [7, 11) is 1.24. The highest BCUT2D eigenvalue weighted by atomic mass is 31.2. The van der Waals surface area contributed by atoms with E-state index in [0.29, 0.717) is 17.4 Å². The maximum atomic E-state index is 12.9. The first kappa shape index (κ1) is 66.7. The summed E-state index contributed by atoms with van der Waals surface area (Å²) in [4.78, 5) is 25.4. The summed E-state index contributed by atoms with van der Waals surface area (Å²) in [6, 6.07) is -0.907. The summed E-state index contributed by atoms with van der Waals surface area (Å²) in [6.45, 7) is 4.64. The topological polar surface area (TPSA) is 108 Å². The van der Waals surface area contributed by atoms with Gasteiger partial charge in [-0.05, 0) is 57.8 Å². The molecule has 3 unspecified atom stereocenters. The van der Waals surface area contributed by atoms with Crippen LogP contribution in [0.3, 0.4) is 0 Å². The monoisotopic (exact) mass is 979 g/mol. The van der Waals surface area contributed by atoms with Gasteiger partial charge in [0.2, 0.25) is 5.91 Å². The number of phosphoric ester groups is 1. The zero-order chi connectivity index (χ0) is 49.9. The van der Waals surface area contributed by atoms with Crippen LogP contribution in [0.25, 0.3) is 0 Å². The number of aliphatic hydroxyl groups excluding tert-OH is 1. The number of nitrogens with one attached hydrogen (secondary N) is 1. The molecule has 0 aromatic heterocycles. The number of likely N-dealkylation sites (N-methyl/N-ethyl adjacent to an activating group) is 1. The molecule has 68 heavy (non-hydrogen) atoms. The predicted molar refractivity (Wildman–Crippen MR) is 293 cm³/mol. The SMILES string of the molecule is CCCCCCCC/C=C\CCCCCCCC(=O)NC(COP(=O)([O-])OCC[N+](C)(C)C)C(O)/C=C/CC/C=C/CCCCCCCCCCCCCCCCCCCCCCCCCCC. The van der Waals surface area contributed by atoms with Gasteiger partial charge in [-0.3, -0.25) is 9.36 Å². The van der Waals surface area contributed by atoms with E-state index in [1.807, 2.05) is 27.2 Å². The highest BCUT2D eigenvalue weighted by molar-refractivity contribution is 7.45. The van der Waals surface area contributed by atoms with Crippen molar-refractivity contribution >= 4 is 13.7 Å². The van der Waals surface area contributed by atoms with E-state index in [9.17, 15) is 19.4 Å². The van der Waals surface area contributed by atoms with Crippen LogP contribution in [0.15, 0.2) is 36.5 Å². The molecule has 0 aliphatic carbocycles. The van der Waals surface area contributed by atoms with Crippen molar-refractivity contribution in [1.29, 1.82) is 0 Å².